The Bertz CT molecular complexity index is 1060. The van der Waals surface area contributed by atoms with E-state index in [0.29, 0.717) is 29.4 Å². The molecule has 3 heterocycles. The number of rotatable bonds is 5. The van der Waals surface area contributed by atoms with Crippen LogP contribution in [0.5, 0.6) is 5.88 Å². The Kier molecular flexibility index (Phi) is 5.23. The van der Waals surface area contributed by atoms with Crippen LogP contribution in [0.2, 0.25) is 0 Å². The summed E-state index contributed by atoms with van der Waals surface area (Å²) in [6.07, 6.45) is 1.70. The molecule has 0 aliphatic rings. The van der Waals surface area contributed by atoms with Crippen LogP contribution in [0, 0.1) is 20.8 Å². The van der Waals surface area contributed by atoms with Crippen LogP contribution in [0.15, 0.2) is 23.1 Å². The smallest absolute Gasteiger partial charge is 0.272 e. The maximum absolute atomic E-state index is 12.7. The van der Waals surface area contributed by atoms with Crippen LogP contribution >= 0.6 is 0 Å². The fourth-order valence-corrected chi connectivity index (χ4v) is 3.33. The average Bonchev–Trinajstić information content (AvgIpc) is 2.64. The first kappa shape index (κ1) is 19.0. The van der Waals surface area contributed by atoms with E-state index in [9.17, 15) is 4.79 Å². The van der Waals surface area contributed by atoms with E-state index in [2.05, 4.69) is 15.0 Å². The maximum Gasteiger partial charge on any atom is 0.272 e. The molecule has 7 heteroatoms. The van der Waals surface area contributed by atoms with Crippen LogP contribution in [0.3, 0.4) is 0 Å². The van der Waals surface area contributed by atoms with Crippen molar-refractivity contribution < 1.29 is 9.47 Å². The molecule has 0 fully saturated rings. The first-order valence-corrected chi connectivity index (χ1v) is 8.78. The first-order chi connectivity index (χ1) is 12.9. The van der Waals surface area contributed by atoms with E-state index >= 15 is 0 Å². The van der Waals surface area contributed by atoms with Gasteiger partial charge in [0.1, 0.15) is 11.2 Å². The minimum atomic E-state index is -0.126. The van der Waals surface area contributed by atoms with Gasteiger partial charge in [0.15, 0.2) is 0 Å². The van der Waals surface area contributed by atoms with Crippen LogP contribution in [0.4, 0.5) is 0 Å². The molecular weight excluding hydrogens is 344 g/mol. The quantitative estimate of drug-likeness (QED) is 0.689. The lowest BCUT2D eigenvalue weighted by molar-refractivity contribution is 0.162. The molecule has 0 radical (unpaired) electrons. The van der Waals surface area contributed by atoms with E-state index < -0.39 is 0 Å². The number of pyridine rings is 2. The molecule has 27 heavy (non-hydrogen) atoms. The van der Waals surface area contributed by atoms with E-state index in [1.807, 2.05) is 32.9 Å². The number of nitrogens with zero attached hydrogens (tertiary/aromatic N) is 4. The normalized spacial score (nSPS) is 12.4. The molecule has 0 N–H and O–H groups in total. The standard InChI is InChI=1S/C20H24N4O3/c1-11-9-15(13(3)23-19(11)27-6)17-18-16(7-8-21-17)24(12(2)10-26-5)20(25)14(4)22-18/h7-9,12H,10H2,1-6H3. The number of aromatic nitrogens is 4. The Morgan fingerprint density at radius 2 is 1.89 bits per heavy atom. The zero-order valence-corrected chi connectivity index (χ0v) is 16.5. The lowest BCUT2D eigenvalue weighted by Crippen LogP contribution is -2.29. The highest BCUT2D eigenvalue weighted by molar-refractivity contribution is 5.90. The lowest BCUT2D eigenvalue weighted by atomic mass is 10.1. The Labute approximate surface area is 158 Å². The molecule has 0 aromatic carbocycles. The summed E-state index contributed by atoms with van der Waals surface area (Å²) in [5, 5.41) is 0. The first-order valence-electron chi connectivity index (χ1n) is 8.78. The monoisotopic (exact) mass is 368 g/mol. The van der Waals surface area contributed by atoms with Gasteiger partial charge in [0.05, 0.1) is 36.7 Å². The number of aryl methyl sites for hydroxylation is 3. The molecule has 0 amide bonds. The van der Waals surface area contributed by atoms with Gasteiger partial charge < -0.3 is 9.47 Å². The van der Waals surface area contributed by atoms with Gasteiger partial charge in [0, 0.05) is 24.4 Å². The number of ether oxygens (including phenoxy) is 2. The van der Waals surface area contributed by atoms with Crippen molar-refractivity contribution in [3.05, 3.63) is 45.6 Å². The molecule has 1 unspecified atom stereocenters. The van der Waals surface area contributed by atoms with Gasteiger partial charge in [0.2, 0.25) is 5.88 Å². The van der Waals surface area contributed by atoms with Gasteiger partial charge in [0.25, 0.3) is 5.56 Å². The molecule has 3 aromatic heterocycles. The van der Waals surface area contributed by atoms with Crippen LogP contribution in [-0.2, 0) is 4.74 Å². The second kappa shape index (κ2) is 7.44. The van der Waals surface area contributed by atoms with Crippen molar-refractivity contribution in [2.24, 2.45) is 0 Å². The van der Waals surface area contributed by atoms with Crippen LogP contribution < -0.4 is 10.3 Å². The second-order valence-corrected chi connectivity index (χ2v) is 6.65. The highest BCUT2D eigenvalue weighted by atomic mass is 16.5. The van der Waals surface area contributed by atoms with Crippen molar-refractivity contribution in [2.75, 3.05) is 20.8 Å². The molecule has 3 rings (SSSR count). The third-order valence-electron chi connectivity index (χ3n) is 4.62. The van der Waals surface area contributed by atoms with Crippen molar-refractivity contribution in [2.45, 2.75) is 33.7 Å². The average molecular weight is 368 g/mol. The molecular formula is C20H24N4O3. The third kappa shape index (κ3) is 3.30. The molecule has 0 spiro atoms. The summed E-state index contributed by atoms with van der Waals surface area (Å²) in [6, 6.07) is 3.69. The summed E-state index contributed by atoms with van der Waals surface area (Å²) in [7, 11) is 3.23. The Balaban J connectivity index is 2.34. The molecule has 1 atom stereocenters. The Morgan fingerprint density at radius 1 is 1.15 bits per heavy atom. The SMILES string of the molecule is COCC(C)n1c(=O)c(C)nc2c(-c3cc(C)c(OC)nc3C)nccc21. The van der Waals surface area contributed by atoms with Gasteiger partial charge in [-0.25, -0.2) is 9.97 Å². The summed E-state index contributed by atoms with van der Waals surface area (Å²) in [6.45, 7) is 7.95. The van der Waals surface area contributed by atoms with Crippen molar-refractivity contribution >= 4 is 11.0 Å². The van der Waals surface area contributed by atoms with Crippen LogP contribution in [0.25, 0.3) is 22.3 Å². The highest BCUT2D eigenvalue weighted by Crippen LogP contribution is 2.30. The van der Waals surface area contributed by atoms with Crippen molar-refractivity contribution in [3.8, 4) is 17.1 Å². The summed E-state index contributed by atoms with van der Waals surface area (Å²) in [5.41, 5.74) is 4.98. The van der Waals surface area contributed by atoms with Gasteiger partial charge in [-0.2, -0.15) is 0 Å². The van der Waals surface area contributed by atoms with Gasteiger partial charge in [-0.15, -0.1) is 0 Å². The minimum Gasteiger partial charge on any atom is -0.481 e. The minimum absolute atomic E-state index is 0.120. The Morgan fingerprint density at radius 3 is 2.56 bits per heavy atom. The summed E-state index contributed by atoms with van der Waals surface area (Å²) in [4.78, 5) is 26.4. The van der Waals surface area contributed by atoms with Crippen molar-refractivity contribution in [1.82, 2.24) is 19.5 Å². The molecule has 142 valence electrons. The van der Waals surface area contributed by atoms with Crippen molar-refractivity contribution in [3.63, 3.8) is 0 Å². The molecule has 0 bridgehead atoms. The van der Waals surface area contributed by atoms with E-state index in [1.54, 1.807) is 31.9 Å². The van der Waals surface area contributed by atoms with Gasteiger partial charge >= 0.3 is 0 Å². The fraction of sp³-hybridized carbons (Fsp3) is 0.400. The maximum atomic E-state index is 12.7. The topological polar surface area (TPSA) is 79.1 Å². The molecule has 3 aromatic rings. The predicted octanol–water partition coefficient (Wildman–Crippen LogP) is 2.99. The van der Waals surface area contributed by atoms with Gasteiger partial charge in [-0.3, -0.25) is 14.3 Å². The van der Waals surface area contributed by atoms with Crippen molar-refractivity contribution in [1.29, 1.82) is 0 Å². The zero-order valence-electron chi connectivity index (χ0n) is 16.5. The van der Waals surface area contributed by atoms with Gasteiger partial charge in [-0.1, -0.05) is 0 Å². The fourth-order valence-electron chi connectivity index (χ4n) is 3.33. The number of hydrogen-bond acceptors (Lipinski definition) is 6. The number of methoxy groups -OCH3 is 2. The van der Waals surface area contributed by atoms with E-state index in [4.69, 9.17) is 9.47 Å². The van der Waals surface area contributed by atoms with Crippen LogP contribution in [0.1, 0.15) is 29.9 Å². The molecule has 0 aliphatic carbocycles. The van der Waals surface area contributed by atoms with Crippen LogP contribution in [-0.4, -0.2) is 40.3 Å². The lowest BCUT2D eigenvalue weighted by Gasteiger charge is -2.19. The number of fused-ring (bicyclic) bond motifs is 1. The van der Waals surface area contributed by atoms with E-state index in [0.717, 1.165) is 22.3 Å². The summed E-state index contributed by atoms with van der Waals surface area (Å²) < 4.78 is 12.3. The third-order valence-corrected chi connectivity index (χ3v) is 4.62. The molecule has 0 saturated carbocycles. The summed E-state index contributed by atoms with van der Waals surface area (Å²) >= 11 is 0. The van der Waals surface area contributed by atoms with E-state index in [1.165, 1.54) is 0 Å². The highest BCUT2D eigenvalue weighted by Gasteiger charge is 2.19. The Hall–Kier alpha value is -2.80. The summed E-state index contributed by atoms with van der Waals surface area (Å²) in [5.74, 6) is 0.589. The second-order valence-electron chi connectivity index (χ2n) is 6.65. The predicted molar refractivity (Wildman–Crippen MR) is 104 cm³/mol. The molecule has 0 aliphatic heterocycles. The molecule has 7 nitrogen and oxygen atoms in total. The van der Waals surface area contributed by atoms with Gasteiger partial charge in [-0.05, 0) is 39.8 Å². The zero-order chi connectivity index (χ0) is 19.7. The van der Waals surface area contributed by atoms with E-state index in [-0.39, 0.29) is 11.6 Å². The molecule has 0 saturated heterocycles. The number of hydrogen-bond donors (Lipinski definition) is 0. The largest absolute Gasteiger partial charge is 0.481 e.